The fraction of sp³-hybridized carbons (Fsp3) is 0.429. The number of carbonyl (C=O) groups is 2. The van der Waals surface area contributed by atoms with Gasteiger partial charge in [0, 0.05) is 31.4 Å². The van der Waals surface area contributed by atoms with Crippen LogP contribution < -0.4 is 20.3 Å². The molecule has 2 rings (SSSR count). The number of nitrogens with one attached hydrogen (secondary N) is 1. The smallest absolute Gasteiger partial charge is 0.274 e. The minimum atomic E-state index is -0.447. The summed E-state index contributed by atoms with van der Waals surface area (Å²) < 4.78 is 12.3. The third-order valence-electron chi connectivity index (χ3n) is 4.08. The molecule has 0 atom stereocenters. The van der Waals surface area contributed by atoms with Gasteiger partial charge in [-0.2, -0.15) is 5.10 Å². The molecule has 0 aliphatic carbocycles. The van der Waals surface area contributed by atoms with Crippen molar-refractivity contribution in [2.75, 3.05) is 32.1 Å². The molecular formula is C21H28N4O5. The fourth-order valence-corrected chi connectivity index (χ4v) is 2.75. The molecule has 0 saturated heterocycles. The fourth-order valence-electron chi connectivity index (χ4n) is 2.75. The Bertz CT molecular complexity index is 941. The van der Waals surface area contributed by atoms with E-state index in [0.717, 1.165) is 0 Å². The quantitative estimate of drug-likeness (QED) is 0.637. The second kappa shape index (κ2) is 11.0. The van der Waals surface area contributed by atoms with Crippen LogP contribution in [0.1, 0.15) is 37.7 Å². The Morgan fingerprint density at radius 1 is 1.07 bits per heavy atom. The molecule has 0 saturated carbocycles. The van der Waals surface area contributed by atoms with Gasteiger partial charge < -0.3 is 19.7 Å². The van der Waals surface area contributed by atoms with E-state index in [1.54, 1.807) is 18.2 Å². The molecule has 162 valence electrons. The molecule has 9 heteroatoms. The van der Waals surface area contributed by atoms with Gasteiger partial charge in [0.05, 0.1) is 19.8 Å². The summed E-state index contributed by atoms with van der Waals surface area (Å²) in [6.07, 6.45) is 0.717. The van der Waals surface area contributed by atoms with E-state index in [-0.39, 0.29) is 23.7 Å². The lowest BCUT2D eigenvalue weighted by Gasteiger charge is -2.17. The topological polar surface area (TPSA) is 103 Å². The average Bonchev–Trinajstić information content (AvgIpc) is 2.71. The number of nitrogens with zero attached hydrogens (tertiary/aromatic N) is 3. The maximum atomic E-state index is 12.6. The van der Waals surface area contributed by atoms with E-state index >= 15 is 0 Å². The molecule has 0 aliphatic rings. The number of ether oxygens (including phenoxy) is 2. The molecule has 1 N–H and O–H groups in total. The van der Waals surface area contributed by atoms with Crippen LogP contribution in [0.5, 0.6) is 11.5 Å². The van der Waals surface area contributed by atoms with Gasteiger partial charge in [-0.1, -0.05) is 6.92 Å². The minimum absolute atomic E-state index is 0.109. The number of hydrogen-bond acceptors (Lipinski definition) is 6. The van der Waals surface area contributed by atoms with Crippen molar-refractivity contribution in [2.45, 2.75) is 33.7 Å². The van der Waals surface area contributed by atoms with E-state index in [1.165, 1.54) is 28.8 Å². The van der Waals surface area contributed by atoms with Gasteiger partial charge in [-0.25, -0.2) is 4.68 Å². The largest absolute Gasteiger partial charge is 0.490 e. The number of aryl methyl sites for hydroxylation is 1. The predicted octanol–water partition coefficient (Wildman–Crippen LogP) is 2.16. The van der Waals surface area contributed by atoms with Crippen LogP contribution in [-0.2, 0) is 11.3 Å². The molecule has 9 nitrogen and oxygen atoms in total. The highest BCUT2D eigenvalue weighted by atomic mass is 16.5. The molecule has 0 unspecified atom stereocenters. The Morgan fingerprint density at radius 3 is 2.43 bits per heavy atom. The lowest BCUT2D eigenvalue weighted by Crippen LogP contribution is -2.36. The zero-order chi connectivity index (χ0) is 22.1. The van der Waals surface area contributed by atoms with Gasteiger partial charge in [0.15, 0.2) is 11.5 Å². The monoisotopic (exact) mass is 416 g/mol. The molecule has 2 aromatic rings. The Morgan fingerprint density at radius 2 is 1.77 bits per heavy atom. The third-order valence-corrected chi connectivity index (χ3v) is 4.08. The molecule has 1 aromatic heterocycles. The number of anilines is 1. The SMILES string of the molecule is CCCn1nc(C(=O)N(C)CC(=O)Nc2ccc(OCC)c(OCC)c2)ccc1=O. The normalized spacial score (nSPS) is 10.4. The van der Waals surface area contributed by atoms with Gasteiger partial charge in [0.2, 0.25) is 5.91 Å². The van der Waals surface area contributed by atoms with Crippen LogP contribution in [0.2, 0.25) is 0 Å². The third kappa shape index (κ3) is 6.07. The van der Waals surface area contributed by atoms with Gasteiger partial charge in [-0.05, 0) is 38.5 Å². The molecule has 0 fully saturated rings. The Labute approximate surface area is 175 Å². The second-order valence-electron chi connectivity index (χ2n) is 6.52. The maximum absolute atomic E-state index is 12.6. The van der Waals surface area contributed by atoms with Crippen molar-refractivity contribution in [1.29, 1.82) is 0 Å². The maximum Gasteiger partial charge on any atom is 0.274 e. The van der Waals surface area contributed by atoms with Gasteiger partial charge in [-0.3, -0.25) is 14.4 Å². The summed E-state index contributed by atoms with van der Waals surface area (Å²) in [6.45, 7) is 6.85. The van der Waals surface area contributed by atoms with Crippen molar-refractivity contribution in [3.8, 4) is 11.5 Å². The summed E-state index contributed by atoms with van der Waals surface area (Å²) >= 11 is 0. The van der Waals surface area contributed by atoms with Crippen molar-refractivity contribution in [3.05, 3.63) is 46.4 Å². The summed E-state index contributed by atoms with van der Waals surface area (Å²) in [5, 5.41) is 6.83. The van der Waals surface area contributed by atoms with Crippen molar-refractivity contribution in [3.63, 3.8) is 0 Å². The summed E-state index contributed by atoms with van der Waals surface area (Å²) in [5.41, 5.74) is 0.370. The summed E-state index contributed by atoms with van der Waals surface area (Å²) in [4.78, 5) is 38.0. The van der Waals surface area contributed by atoms with Crippen molar-refractivity contribution < 1.29 is 19.1 Å². The molecule has 1 aromatic carbocycles. The standard InChI is InChI=1S/C21H28N4O5/c1-5-12-25-20(27)11-9-16(23-25)21(28)24(4)14-19(26)22-15-8-10-17(29-6-2)18(13-15)30-7-3/h8-11,13H,5-7,12,14H2,1-4H3,(H,22,26). The number of carbonyl (C=O) groups excluding carboxylic acids is 2. The number of benzene rings is 1. The summed E-state index contributed by atoms with van der Waals surface area (Å²) in [5.74, 6) is 0.304. The zero-order valence-electron chi connectivity index (χ0n) is 17.8. The average molecular weight is 416 g/mol. The first-order chi connectivity index (χ1) is 14.4. The first-order valence-electron chi connectivity index (χ1n) is 9.92. The van der Waals surface area contributed by atoms with E-state index < -0.39 is 5.91 Å². The number of aromatic nitrogens is 2. The first-order valence-corrected chi connectivity index (χ1v) is 9.92. The van der Waals surface area contributed by atoms with Crippen LogP contribution in [0.25, 0.3) is 0 Å². The van der Waals surface area contributed by atoms with Crippen molar-refractivity contribution in [1.82, 2.24) is 14.7 Å². The van der Waals surface area contributed by atoms with Crippen LogP contribution in [0, 0.1) is 0 Å². The van der Waals surface area contributed by atoms with Crippen LogP contribution in [0.3, 0.4) is 0 Å². The van der Waals surface area contributed by atoms with E-state index in [4.69, 9.17) is 9.47 Å². The van der Waals surface area contributed by atoms with Gasteiger partial charge in [0.25, 0.3) is 11.5 Å². The number of amides is 2. The number of likely N-dealkylation sites (N-methyl/N-ethyl adjacent to an activating group) is 1. The molecule has 0 spiro atoms. The van der Waals surface area contributed by atoms with E-state index in [2.05, 4.69) is 10.4 Å². The molecule has 30 heavy (non-hydrogen) atoms. The van der Waals surface area contributed by atoms with Crippen LogP contribution in [-0.4, -0.2) is 53.3 Å². The lowest BCUT2D eigenvalue weighted by molar-refractivity contribution is -0.116. The molecule has 0 radical (unpaired) electrons. The van der Waals surface area contributed by atoms with Crippen molar-refractivity contribution in [2.24, 2.45) is 0 Å². The highest BCUT2D eigenvalue weighted by Gasteiger charge is 2.18. The van der Waals surface area contributed by atoms with Crippen LogP contribution in [0.4, 0.5) is 5.69 Å². The predicted molar refractivity (Wildman–Crippen MR) is 113 cm³/mol. The highest BCUT2D eigenvalue weighted by molar-refractivity contribution is 5.98. The highest BCUT2D eigenvalue weighted by Crippen LogP contribution is 2.30. The molecular weight excluding hydrogens is 388 g/mol. The van der Waals surface area contributed by atoms with E-state index in [0.29, 0.717) is 43.4 Å². The van der Waals surface area contributed by atoms with Gasteiger partial charge >= 0.3 is 0 Å². The molecule has 1 heterocycles. The summed E-state index contributed by atoms with van der Waals surface area (Å²) in [7, 11) is 1.50. The Kier molecular flexibility index (Phi) is 8.40. The van der Waals surface area contributed by atoms with Gasteiger partial charge in [0.1, 0.15) is 5.69 Å². The van der Waals surface area contributed by atoms with Crippen LogP contribution in [0.15, 0.2) is 35.1 Å². The Hall–Kier alpha value is -3.36. The first kappa shape index (κ1) is 22.9. The summed E-state index contributed by atoms with van der Waals surface area (Å²) in [6, 6.07) is 7.77. The lowest BCUT2D eigenvalue weighted by atomic mass is 10.2. The molecule has 0 aliphatic heterocycles. The van der Waals surface area contributed by atoms with E-state index in [9.17, 15) is 14.4 Å². The Balaban J connectivity index is 2.05. The van der Waals surface area contributed by atoms with E-state index in [1.807, 2.05) is 20.8 Å². The molecule has 2 amide bonds. The minimum Gasteiger partial charge on any atom is -0.490 e. The molecule has 0 bridgehead atoms. The van der Waals surface area contributed by atoms with Crippen LogP contribution >= 0.6 is 0 Å². The second-order valence-corrected chi connectivity index (χ2v) is 6.52. The number of rotatable bonds is 10. The van der Waals surface area contributed by atoms with Gasteiger partial charge in [-0.15, -0.1) is 0 Å². The number of hydrogen-bond donors (Lipinski definition) is 1. The van der Waals surface area contributed by atoms with Crippen molar-refractivity contribution >= 4 is 17.5 Å². The zero-order valence-corrected chi connectivity index (χ0v) is 17.8.